The van der Waals surface area contributed by atoms with Gasteiger partial charge in [0.1, 0.15) is 0 Å². The molecule has 2 aromatic carbocycles. The van der Waals surface area contributed by atoms with Gasteiger partial charge in [-0.1, -0.05) is 68.2 Å². The Balaban J connectivity index is 1.74. The van der Waals surface area contributed by atoms with Crippen molar-refractivity contribution in [3.8, 4) is 11.8 Å². The molecule has 0 unspecified atom stereocenters. The Hall–Kier alpha value is -3.77. The first-order valence-electron chi connectivity index (χ1n) is 11.2. The van der Waals surface area contributed by atoms with E-state index >= 15 is 0 Å². The van der Waals surface area contributed by atoms with Crippen LogP contribution in [0.25, 0.3) is 27.4 Å². The van der Waals surface area contributed by atoms with Crippen LogP contribution in [0.3, 0.4) is 0 Å². The van der Waals surface area contributed by atoms with Gasteiger partial charge in [-0.25, -0.2) is 0 Å². The highest BCUT2D eigenvalue weighted by molar-refractivity contribution is 5.90. The number of para-hydroxylation sites is 1. The van der Waals surface area contributed by atoms with Gasteiger partial charge in [0, 0.05) is 41.1 Å². The third-order valence-corrected chi connectivity index (χ3v) is 6.13. The van der Waals surface area contributed by atoms with E-state index < -0.39 is 0 Å². The Labute approximate surface area is 188 Å². The Bertz CT molecular complexity index is 1530. The van der Waals surface area contributed by atoms with Gasteiger partial charge in [-0.05, 0) is 48.4 Å². The van der Waals surface area contributed by atoms with Gasteiger partial charge in [0.05, 0.1) is 10.9 Å². The molecule has 4 aromatic rings. The van der Waals surface area contributed by atoms with Crippen molar-refractivity contribution < 1.29 is 0 Å². The van der Waals surface area contributed by atoms with Gasteiger partial charge < -0.3 is 4.57 Å². The Morgan fingerprint density at radius 3 is 2.56 bits per heavy atom. The molecule has 0 amide bonds. The summed E-state index contributed by atoms with van der Waals surface area (Å²) in [6, 6.07) is 16.4. The summed E-state index contributed by atoms with van der Waals surface area (Å²) >= 11 is 0. The van der Waals surface area contributed by atoms with Gasteiger partial charge in [-0.2, -0.15) is 0 Å². The average Bonchev–Trinajstić information content (AvgIpc) is 3.13. The van der Waals surface area contributed by atoms with Crippen LogP contribution in [-0.4, -0.2) is 9.13 Å². The predicted molar refractivity (Wildman–Crippen MR) is 134 cm³/mol. The lowest BCUT2D eigenvalue weighted by molar-refractivity contribution is 0.771. The molecule has 2 heterocycles. The summed E-state index contributed by atoms with van der Waals surface area (Å²) in [4.78, 5) is 13.8. The second-order valence-electron chi connectivity index (χ2n) is 8.66. The van der Waals surface area contributed by atoms with Crippen LogP contribution in [0.15, 0.2) is 77.8 Å². The Morgan fingerprint density at radius 2 is 1.78 bits per heavy atom. The minimum Gasteiger partial charge on any atom is -0.349 e. The van der Waals surface area contributed by atoms with Crippen LogP contribution in [0.5, 0.6) is 0 Å². The number of hydrogen-bond donors (Lipinski definition) is 0. The summed E-state index contributed by atoms with van der Waals surface area (Å²) in [6.45, 7) is 4.27. The van der Waals surface area contributed by atoms with Crippen molar-refractivity contribution in [1.82, 2.24) is 9.13 Å². The molecule has 0 atom stereocenters. The first-order chi connectivity index (χ1) is 15.5. The van der Waals surface area contributed by atoms with E-state index in [-0.39, 0.29) is 11.5 Å². The zero-order valence-corrected chi connectivity index (χ0v) is 18.7. The molecule has 3 heteroatoms. The summed E-state index contributed by atoms with van der Waals surface area (Å²) < 4.78 is 3.97. The van der Waals surface area contributed by atoms with Crippen molar-refractivity contribution in [3.63, 3.8) is 0 Å². The maximum Gasteiger partial charge on any atom is 0.264 e. The van der Waals surface area contributed by atoms with Gasteiger partial charge >= 0.3 is 0 Å². The normalized spacial score (nSPS) is 13.4. The molecule has 1 aliphatic rings. The average molecular weight is 419 g/mol. The lowest BCUT2D eigenvalue weighted by Gasteiger charge is -2.19. The second-order valence-corrected chi connectivity index (χ2v) is 8.66. The van der Waals surface area contributed by atoms with E-state index in [2.05, 4.69) is 72.9 Å². The third-order valence-electron chi connectivity index (χ3n) is 6.13. The summed E-state index contributed by atoms with van der Waals surface area (Å²) in [6.07, 6.45) is 10.4. The molecule has 0 fully saturated rings. The summed E-state index contributed by atoms with van der Waals surface area (Å²) in [5, 5.41) is 2.75. The van der Waals surface area contributed by atoms with Crippen molar-refractivity contribution in [1.29, 1.82) is 0 Å². The van der Waals surface area contributed by atoms with E-state index in [0.717, 1.165) is 51.6 Å². The van der Waals surface area contributed by atoms with Gasteiger partial charge in [-0.3, -0.25) is 9.36 Å². The van der Waals surface area contributed by atoms with Crippen molar-refractivity contribution in [2.24, 2.45) is 7.05 Å². The molecule has 0 spiro atoms. The number of hydrogen-bond acceptors (Lipinski definition) is 1. The standard InChI is InChI=1S/C29H26N2O/c1-20(2)27-18-22-11-9-10-21(28(22)29(32)31(27)24-12-5-4-6-13-24)16-17-23-19-30(3)26-15-8-7-14-25(23)26/h5,7-15,18-20H,4,6H2,1-3H3. The fourth-order valence-electron chi connectivity index (χ4n) is 4.52. The van der Waals surface area contributed by atoms with Gasteiger partial charge in [0.25, 0.3) is 5.56 Å². The topological polar surface area (TPSA) is 26.9 Å². The van der Waals surface area contributed by atoms with E-state index in [1.807, 2.05) is 41.9 Å². The lowest BCUT2D eigenvalue weighted by Crippen LogP contribution is -2.24. The van der Waals surface area contributed by atoms with Crippen molar-refractivity contribution in [3.05, 3.63) is 100 Å². The molecule has 2 aromatic heterocycles. The lowest BCUT2D eigenvalue weighted by atomic mass is 10.0. The van der Waals surface area contributed by atoms with Crippen LogP contribution >= 0.6 is 0 Å². The summed E-state index contributed by atoms with van der Waals surface area (Å²) in [5.74, 6) is 6.88. The molecule has 0 saturated carbocycles. The number of nitrogens with zero attached hydrogens (tertiary/aromatic N) is 2. The first-order valence-corrected chi connectivity index (χ1v) is 11.2. The summed E-state index contributed by atoms with van der Waals surface area (Å²) in [5.41, 5.74) is 4.88. The number of aromatic nitrogens is 2. The van der Waals surface area contributed by atoms with Crippen LogP contribution in [0.4, 0.5) is 0 Å². The molecular weight excluding hydrogens is 392 g/mol. The highest BCUT2D eigenvalue weighted by Crippen LogP contribution is 2.26. The fourth-order valence-corrected chi connectivity index (χ4v) is 4.52. The highest BCUT2D eigenvalue weighted by Gasteiger charge is 2.16. The zero-order valence-electron chi connectivity index (χ0n) is 18.7. The van der Waals surface area contributed by atoms with Gasteiger partial charge in [0.15, 0.2) is 0 Å². The van der Waals surface area contributed by atoms with E-state index in [9.17, 15) is 4.79 Å². The van der Waals surface area contributed by atoms with Gasteiger partial charge in [0.2, 0.25) is 0 Å². The fraction of sp³-hybridized carbons (Fsp3) is 0.207. The number of benzene rings is 2. The van der Waals surface area contributed by atoms with Crippen molar-refractivity contribution in [2.75, 3.05) is 0 Å². The quantitative estimate of drug-likeness (QED) is 0.356. The second kappa shape index (κ2) is 8.05. The number of fused-ring (bicyclic) bond motifs is 2. The molecule has 0 N–H and O–H groups in total. The van der Waals surface area contributed by atoms with E-state index in [1.54, 1.807) is 0 Å². The number of pyridine rings is 1. The smallest absolute Gasteiger partial charge is 0.264 e. The zero-order chi connectivity index (χ0) is 22.2. The molecule has 5 rings (SSSR count). The maximum atomic E-state index is 13.8. The minimum absolute atomic E-state index is 0.00631. The highest BCUT2D eigenvalue weighted by atomic mass is 16.1. The van der Waals surface area contributed by atoms with Crippen molar-refractivity contribution >= 4 is 27.4 Å². The van der Waals surface area contributed by atoms with Gasteiger partial charge in [-0.15, -0.1) is 0 Å². The van der Waals surface area contributed by atoms with Crippen LogP contribution in [0.2, 0.25) is 0 Å². The van der Waals surface area contributed by atoms with E-state index in [0.29, 0.717) is 5.39 Å². The SMILES string of the molecule is CC(C)c1cc2cccc(C#Cc3cn(C)c4ccccc34)c2c(=O)n1C1=CCCC=C1. The molecule has 158 valence electrons. The monoisotopic (exact) mass is 418 g/mol. The third kappa shape index (κ3) is 3.39. The molecule has 3 nitrogen and oxygen atoms in total. The van der Waals surface area contributed by atoms with Crippen LogP contribution in [-0.2, 0) is 7.05 Å². The predicted octanol–water partition coefficient (Wildman–Crippen LogP) is 6.21. The van der Waals surface area contributed by atoms with Crippen LogP contribution in [0, 0.1) is 11.8 Å². The van der Waals surface area contributed by atoms with Crippen molar-refractivity contribution in [2.45, 2.75) is 32.6 Å². The van der Waals surface area contributed by atoms with E-state index in [4.69, 9.17) is 0 Å². The molecule has 0 bridgehead atoms. The number of rotatable bonds is 2. The molecule has 0 saturated heterocycles. The minimum atomic E-state index is 0.00631. The molecule has 0 aliphatic heterocycles. The molecule has 0 radical (unpaired) electrons. The molecule has 32 heavy (non-hydrogen) atoms. The first kappa shape index (κ1) is 20.2. The molecular formula is C29H26N2O. The Morgan fingerprint density at radius 1 is 0.969 bits per heavy atom. The maximum absolute atomic E-state index is 13.8. The largest absolute Gasteiger partial charge is 0.349 e. The molecule has 1 aliphatic carbocycles. The number of aryl methyl sites for hydroxylation is 1. The number of allylic oxidation sites excluding steroid dienone is 4. The van der Waals surface area contributed by atoms with E-state index in [1.165, 1.54) is 0 Å². The van der Waals surface area contributed by atoms with Crippen LogP contribution < -0.4 is 5.56 Å². The Kier molecular flexibility index (Phi) is 5.07. The summed E-state index contributed by atoms with van der Waals surface area (Å²) in [7, 11) is 2.03. The van der Waals surface area contributed by atoms with Crippen LogP contribution in [0.1, 0.15) is 49.4 Å².